The van der Waals surface area contributed by atoms with Gasteiger partial charge in [0.15, 0.2) is 0 Å². The van der Waals surface area contributed by atoms with E-state index in [0.717, 1.165) is 12.0 Å². The van der Waals surface area contributed by atoms with Gasteiger partial charge in [0.25, 0.3) is 5.91 Å². The van der Waals surface area contributed by atoms with E-state index in [1.807, 2.05) is 0 Å². The van der Waals surface area contributed by atoms with Gasteiger partial charge in [0, 0.05) is 18.3 Å². The molecule has 4 nitrogen and oxygen atoms in total. The van der Waals surface area contributed by atoms with Crippen molar-refractivity contribution in [2.24, 2.45) is 11.7 Å². The van der Waals surface area contributed by atoms with Crippen LogP contribution in [0, 0.1) is 17.8 Å². The minimum absolute atomic E-state index is 0.144. The highest BCUT2D eigenvalue weighted by Gasteiger charge is 2.06. The Morgan fingerprint density at radius 1 is 1.50 bits per heavy atom. The van der Waals surface area contributed by atoms with Gasteiger partial charge >= 0.3 is 0 Å². The number of nitrogens with zero attached hydrogens (tertiary/aromatic N) is 1. The number of carbonyl (C=O) groups is 1. The second-order valence-corrected chi connectivity index (χ2v) is 4.38. The van der Waals surface area contributed by atoms with Crippen LogP contribution in [-0.2, 0) is 0 Å². The Morgan fingerprint density at radius 3 is 2.83 bits per heavy atom. The number of hydrogen-bond donors (Lipinski definition) is 2. The van der Waals surface area contributed by atoms with Crippen LogP contribution in [-0.4, -0.2) is 24.0 Å². The van der Waals surface area contributed by atoms with Gasteiger partial charge in [-0.05, 0) is 24.5 Å². The lowest BCUT2D eigenvalue weighted by Gasteiger charge is -2.06. The van der Waals surface area contributed by atoms with E-state index in [4.69, 9.17) is 5.73 Å². The Labute approximate surface area is 108 Å². The van der Waals surface area contributed by atoms with Crippen molar-refractivity contribution in [1.82, 2.24) is 10.3 Å². The third-order valence-electron chi connectivity index (χ3n) is 2.34. The molecule has 0 aliphatic rings. The molecule has 1 aromatic rings. The average molecular weight is 245 g/mol. The Hall–Kier alpha value is -1.86. The molecular formula is C14H19N3O. The minimum Gasteiger partial charge on any atom is -0.351 e. The summed E-state index contributed by atoms with van der Waals surface area (Å²) in [5.74, 6) is 6.03. The maximum Gasteiger partial charge on any atom is 0.269 e. The SMILES string of the molecule is CC(C)CCNC(=O)c1ccc(C#CCN)cn1. The van der Waals surface area contributed by atoms with Crippen LogP contribution in [0.2, 0.25) is 0 Å². The highest BCUT2D eigenvalue weighted by atomic mass is 16.1. The van der Waals surface area contributed by atoms with Crippen molar-refractivity contribution in [3.05, 3.63) is 29.6 Å². The molecule has 1 heterocycles. The van der Waals surface area contributed by atoms with Crippen molar-refractivity contribution >= 4 is 5.91 Å². The predicted molar refractivity (Wildman–Crippen MR) is 72.0 cm³/mol. The van der Waals surface area contributed by atoms with E-state index in [-0.39, 0.29) is 5.91 Å². The predicted octanol–water partition coefficient (Wildman–Crippen LogP) is 1.17. The van der Waals surface area contributed by atoms with Gasteiger partial charge in [-0.25, -0.2) is 4.98 Å². The number of amides is 1. The average Bonchev–Trinajstić information content (AvgIpc) is 2.36. The Kier molecular flexibility index (Phi) is 5.89. The Balaban J connectivity index is 2.54. The molecule has 0 unspecified atom stereocenters. The molecule has 0 aromatic carbocycles. The first-order valence-electron chi connectivity index (χ1n) is 6.06. The van der Waals surface area contributed by atoms with Gasteiger partial charge in [0.2, 0.25) is 0 Å². The number of carbonyl (C=O) groups excluding carboxylic acids is 1. The highest BCUT2D eigenvalue weighted by molar-refractivity contribution is 5.92. The second kappa shape index (κ2) is 7.46. The van der Waals surface area contributed by atoms with Gasteiger partial charge < -0.3 is 11.1 Å². The number of nitrogens with two attached hydrogens (primary N) is 1. The molecule has 18 heavy (non-hydrogen) atoms. The summed E-state index contributed by atoms with van der Waals surface area (Å²) in [6.45, 7) is 5.23. The van der Waals surface area contributed by atoms with Crippen LogP contribution >= 0.6 is 0 Å². The van der Waals surface area contributed by atoms with Crippen molar-refractivity contribution in [1.29, 1.82) is 0 Å². The summed E-state index contributed by atoms with van der Waals surface area (Å²) in [7, 11) is 0. The zero-order valence-electron chi connectivity index (χ0n) is 10.9. The molecule has 96 valence electrons. The van der Waals surface area contributed by atoms with Crippen molar-refractivity contribution in [3.8, 4) is 11.8 Å². The topological polar surface area (TPSA) is 68.0 Å². The van der Waals surface area contributed by atoms with E-state index in [1.54, 1.807) is 18.3 Å². The molecule has 3 N–H and O–H groups in total. The normalized spacial score (nSPS) is 9.78. The molecule has 1 aromatic heterocycles. The van der Waals surface area contributed by atoms with Crippen LogP contribution in [0.1, 0.15) is 36.3 Å². The summed E-state index contributed by atoms with van der Waals surface area (Å²) in [5.41, 5.74) is 6.45. The van der Waals surface area contributed by atoms with E-state index >= 15 is 0 Å². The summed E-state index contributed by atoms with van der Waals surface area (Å²) in [6, 6.07) is 3.44. The lowest BCUT2D eigenvalue weighted by atomic mass is 10.1. The summed E-state index contributed by atoms with van der Waals surface area (Å²) < 4.78 is 0. The first-order valence-corrected chi connectivity index (χ1v) is 6.06. The lowest BCUT2D eigenvalue weighted by Crippen LogP contribution is -2.26. The Morgan fingerprint density at radius 2 is 2.28 bits per heavy atom. The third-order valence-corrected chi connectivity index (χ3v) is 2.34. The Bertz CT molecular complexity index is 440. The molecule has 0 radical (unpaired) electrons. The third kappa shape index (κ3) is 4.98. The molecule has 0 saturated heterocycles. The van der Waals surface area contributed by atoms with Crippen LogP contribution in [0.5, 0.6) is 0 Å². The van der Waals surface area contributed by atoms with Gasteiger partial charge in [-0.2, -0.15) is 0 Å². The first kappa shape index (κ1) is 14.2. The smallest absolute Gasteiger partial charge is 0.269 e. The lowest BCUT2D eigenvalue weighted by molar-refractivity contribution is 0.0947. The summed E-state index contributed by atoms with van der Waals surface area (Å²) in [4.78, 5) is 15.8. The molecule has 1 rings (SSSR count). The van der Waals surface area contributed by atoms with Gasteiger partial charge in [-0.3, -0.25) is 4.79 Å². The van der Waals surface area contributed by atoms with E-state index in [2.05, 4.69) is 36.0 Å². The van der Waals surface area contributed by atoms with Gasteiger partial charge in [0.05, 0.1) is 6.54 Å². The molecule has 0 aliphatic carbocycles. The molecule has 0 fully saturated rings. The van der Waals surface area contributed by atoms with Crippen LogP contribution in [0.4, 0.5) is 0 Å². The number of pyridine rings is 1. The molecule has 4 heteroatoms. The molecule has 0 saturated carbocycles. The first-order chi connectivity index (χ1) is 8.63. The summed E-state index contributed by atoms with van der Waals surface area (Å²) in [5, 5.41) is 2.84. The van der Waals surface area contributed by atoms with Gasteiger partial charge in [-0.1, -0.05) is 25.7 Å². The van der Waals surface area contributed by atoms with Crippen molar-refractivity contribution < 1.29 is 4.79 Å². The second-order valence-electron chi connectivity index (χ2n) is 4.38. The zero-order valence-corrected chi connectivity index (χ0v) is 10.9. The summed E-state index contributed by atoms with van der Waals surface area (Å²) >= 11 is 0. The molecule has 0 atom stereocenters. The molecular weight excluding hydrogens is 226 g/mol. The van der Waals surface area contributed by atoms with Crippen LogP contribution < -0.4 is 11.1 Å². The molecule has 1 amide bonds. The largest absolute Gasteiger partial charge is 0.351 e. The quantitative estimate of drug-likeness (QED) is 0.782. The fraction of sp³-hybridized carbons (Fsp3) is 0.429. The van der Waals surface area contributed by atoms with E-state index in [1.165, 1.54) is 0 Å². The van der Waals surface area contributed by atoms with Gasteiger partial charge in [-0.15, -0.1) is 0 Å². The van der Waals surface area contributed by atoms with E-state index in [9.17, 15) is 4.79 Å². The number of hydrogen-bond acceptors (Lipinski definition) is 3. The molecule has 0 bridgehead atoms. The standard InChI is InChI=1S/C14H19N3O/c1-11(2)7-9-16-14(18)13-6-5-12(10-17-13)4-3-8-15/h5-6,10-11H,7-9,15H2,1-2H3,(H,16,18). The number of rotatable bonds is 4. The van der Waals surface area contributed by atoms with E-state index < -0.39 is 0 Å². The van der Waals surface area contributed by atoms with Crippen molar-refractivity contribution in [2.75, 3.05) is 13.1 Å². The van der Waals surface area contributed by atoms with Crippen LogP contribution in [0.15, 0.2) is 18.3 Å². The number of nitrogens with one attached hydrogen (secondary N) is 1. The van der Waals surface area contributed by atoms with Crippen LogP contribution in [0.25, 0.3) is 0 Å². The van der Waals surface area contributed by atoms with E-state index in [0.29, 0.717) is 24.7 Å². The molecule has 0 aliphatic heterocycles. The van der Waals surface area contributed by atoms with Crippen molar-refractivity contribution in [2.45, 2.75) is 20.3 Å². The monoisotopic (exact) mass is 245 g/mol. The molecule has 0 spiro atoms. The zero-order chi connectivity index (χ0) is 13.4. The van der Waals surface area contributed by atoms with Crippen molar-refractivity contribution in [3.63, 3.8) is 0 Å². The minimum atomic E-state index is -0.144. The van der Waals surface area contributed by atoms with Crippen LogP contribution in [0.3, 0.4) is 0 Å². The van der Waals surface area contributed by atoms with Gasteiger partial charge in [0.1, 0.15) is 5.69 Å². The maximum absolute atomic E-state index is 11.7. The summed E-state index contributed by atoms with van der Waals surface area (Å²) in [6.07, 6.45) is 2.55. The fourth-order valence-corrected chi connectivity index (χ4v) is 1.32. The highest BCUT2D eigenvalue weighted by Crippen LogP contribution is 2.00. The fourth-order valence-electron chi connectivity index (χ4n) is 1.32. The number of aromatic nitrogens is 1. The maximum atomic E-state index is 11.7.